The van der Waals surface area contributed by atoms with Crippen LogP contribution in [0.5, 0.6) is 0 Å². The molecule has 4 aliphatic rings. The molecule has 0 bridgehead atoms. The van der Waals surface area contributed by atoms with Gasteiger partial charge in [-0.15, -0.1) is 0 Å². The lowest BCUT2D eigenvalue weighted by molar-refractivity contribution is -0.153. The van der Waals surface area contributed by atoms with Crippen LogP contribution in [0.2, 0.25) is 0 Å². The lowest BCUT2D eigenvalue weighted by Crippen LogP contribution is -2.54. The van der Waals surface area contributed by atoms with Crippen molar-refractivity contribution in [1.29, 1.82) is 0 Å². The van der Waals surface area contributed by atoms with Gasteiger partial charge in [-0.1, -0.05) is 74.5 Å². The Hall–Kier alpha value is -3.96. The van der Waals surface area contributed by atoms with Crippen LogP contribution in [-0.4, -0.2) is 66.0 Å². The van der Waals surface area contributed by atoms with E-state index < -0.39 is 30.2 Å². The predicted octanol–water partition coefficient (Wildman–Crippen LogP) is 3.69. The highest BCUT2D eigenvalue weighted by molar-refractivity contribution is 5.73. The van der Waals surface area contributed by atoms with Gasteiger partial charge in [-0.3, -0.25) is 4.79 Å². The van der Waals surface area contributed by atoms with Crippen LogP contribution in [0.1, 0.15) is 37.8 Å². The second-order valence-electron chi connectivity index (χ2n) is 11.7. The number of ether oxygens (including phenoxy) is 4. The maximum Gasteiger partial charge on any atom is 0.407 e. The van der Waals surface area contributed by atoms with Crippen LogP contribution in [0, 0.1) is 23.7 Å². The largest absolute Gasteiger partial charge is 0.481 e. The molecular formula is C32H38N2O9. The summed E-state index contributed by atoms with van der Waals surface area (Å²) in [6, 6.07) is 19.1. The molecule has 2 saturated carbocycles. The third-order valence-corrected chi connectivity index (χ3v) is 8.99. The van der Waals surface area contributed by atoms with Crippen molar-refractivity contribution in [2.24, 2.45) is 23.7 Å². The fourth-order valence-corrected chi connectivity index (χ4v) is 6.55. The molecule has 3 N–H and O–H groups in total. The summed E-state index contributed by atoms with van der Waals surface area (Å²) in [5.41, 5.74) is 2.08. The van der Waals surface area contributed by atoms with Gasteiger partial charge in [-0.2, -0.15) is 0 Å². The maximum atomic E-state index is 11.5. The van der Waals surface area contributed by atoms with Crippen molar-refractivity contribution in [3.8, 4) is 0 Å². The van der Waals surface area contributed by atoms with Gasteiger partial charge in [-0.25, -0.2) is 9.59 Å². The Balaban J connectivity index is 0.000000171. The van der Waals surface area contributed by atoms with Crippen molar-refractivity contribution < 1.29 is 43.2 Å². The Morgan fingerprint density at radius 2 is 1.28 bits per heavy atom. The summed E-state index contributed by atoms with van der Waals surface area (Å²) in [7, 11) is 0. The highest BCUT2D eigenvalue weighted by atomic mass is 16.6. The summed E-state index contributed by atoms with van der Waals surface area (Å²) in [5.74, 6) is -1.74. The molecule has 0 spiro atoms. The van der Waals surface area contributed by atoms with Crippen LogP contribution in [0.4, 0.5) is 9.59 Å². The molecule has 2 aliphatic heterocycles. The highest BCUT2D eigenvalue weighted by Crippen LogP contribution is 2.37. The number of rotatable bonds is 8. The van der Waals surface area contributed by atoms with Crippen molar-refractivity contribution in [1.82, 2.24) is 10.6 Å². The van der Waals surface area contributed by atoms with E-state index in [4.69, 9.17) is 18.9 Å². The minimum absolute atomic E-state index is 0.0504. The number of hydrogen-bond donors (Lipinski definition) is 3. The lowest BCUT2D eigenvalue weighted by Gasteiger charge is -2.39. The Morgan fingerprint density at radius 1 is 0.814 bits per heavy atom. The van der Waals surface area contributed by atoms with Crippen LogP contribution in [0.25, 0.3) is 0 Å². The molecule has 43 heavy (non-hydrogen) atoms. The summed E-state index contributed by atoms with van der Waals surface area (Å²) in [6.07, 6.45) is -0.387. The number of aliphatic carboxylic acids is 1. The zero-order valence-electron chi connectivity index (χ0n) is 24.2. The Labute approximate surface area is 250 Å². The number of aldehydes is 1. The average Bonchev–Trinajstić information content (AvgIpc) is 3.57. The minimum Gasteiger partial charge on any atom is -0.481 e. The van der Waals surface area contributed by atoms with E-state index >= 15 is 0 Å². The molecule has 11 heteroatoms. The first-order chi connectivity index (χ1) is 20.7. The van der Waals surface area contributed by atoms with Crippen molar-refractivity contribution >= 4 is 24.4 Å². The number of nitrogens with one attached hydrogen (secondary N) is 2. The maximum absolute atomic E-state index is 11.5. The van der Waals surface area contributed by atoms with Gasteiger partial charge in [0.15, 0.2) is 0 Å². The topological polar surface area (TPSA) is 149 Å². The molecule has 2 aliphatic carbocycles. The molecule has 230 valence electrons. The first-order valence-electron chi connectivity index (χ1n) is 14.7. The molecule has 2 heterocycles. The van der Waals surface area contributed by atoms with Gasteiger partial charge in [0.2, 0.25) is 0 Å². The fourth-order valence-electron chi connectivity index (χ4n) is 6.55. The number of carbonyl (C=O) groups is 4. The zero-order valence-corrected chi connectivity index (χ0v) is 24.2. The van der Waals surface area contributed by atoms with E-state index in [2.05, 4.69) is 10.6 Å². The van der Waals surface area contributed by atoms with Crippen LogP contribution >= 0.6 is 0 Å². The van der Waals surface area contributed by atoms with Crippen LogP contribution in [0.3, 0.4) is 0 Å². The number of benzene rings is 2. The van der Waals surface area contributed by atoms with E-state index in [0.717, 1.165) is 17.4 Å². The third kappa shape index (κ3) is 7.00. The van der Waals surface area contributed by atoms with Gasteiger partial charge in [0.05, 0.1) is 43.4 Å². The van der Waals surface area contributed by atoms with Gasteiger partial charge in [0, 0.05) is 12.3 Å². The van der Waals surface area contributed by atoms with E-state index in [1.807, 2.05) is 74.5 Å². The Morgan fingerprint density at radius 3 is 1.74 bits per heavy atom. The molecular weight excluding hydrogens is 556 g/mol. The van der Waals surface area contributed by atoms with E-state index in [9.17, 15) is 24.3 Å². The van der Waals surface area contributed by atoms with Crippen molar-refractivity contribution in [2.75, 3.05) is 0 Å². The Bertz CT molecular complexity index is 1280. The molecule has 0 aromatic heterocycles. The van der Waals surface area contributed by atoms with E-state index in [-0.39, 0.29) is 48.1 Å². The molecule has 0 radical (unpaired) electrons. The number of carboxylic acids is 1. The summed E-state index contributed by atoms with van der Waals surface area (Å²) in [4.78, 5) is 45.6. The number of amides is 2. The smallest absolute Gasteiger partial charge is 0.407 e. The second-order valence-corrected chi connectivity index (χ2v) is 11.7. The lowest BCUT2D eigenvalue weighted by atomic mass is 9.74. The molecule has 10 atom stereocenters. The highest BCUT2D eigenvalue weighted by Gasteiger charge is 2.52. The number of carboxylic acid groups (broad SMARTS) is 1. The normalized spacial score (nSPS) is 34.2. The summed E-state index contributed by atoms with van der Waals surface area (Å²) < 4.78 is 22.4. The molecule has 4 fully saturated rings. The van der Waals surface area contributed by atoms with Crippen molar-refractivity contribution in [3.05, 3.63) is 71.8 Å². The van der Waals surface area contributed by atoms with Gasteiger partial charge in [0.25, 0.3) is 0 Å². The predicted molar refractivity (Wildman–Crippen MR) is 153 cm³/mol. The monoisotopic (exact) mass is 594 g/mol. The molecule has 2 aromatic rings. The number of carbonyl (C=O) groups excluding carboxylic acids is 3. The fraction of sp³-hybridized carbons (Fsp3) is 0.500. The quantitative estimate of drug-likeness (QED) is 0.389. The van der Waals surface area contributed by atoms with Crippen LogP contribution in [-0.2, 0) is 41.8 Å². The first-order valence-corrected chi connectivity index (χ1v) is 14.7. The molecule has 2 saturated heterocycles. The Kier molecular flexibility index (Phi) is 9.62. The van der Waals surface area contributed by atoms with Gasteiger partial charge in [0.1, 0.15) is 18.5 Å². The van der Waals surface area contributed by atoms with Crippen molar-refractivity contribution in [2.45, 2.75) is 76.4 Å². The zero-order chi connectivity index (χ0) is 30.5. The molecule has 6 rings (SSSR count). The molecule has 0 unspecified atom stereocenters. The third-order valence-electron chi connectivity index (χ3n) is 8.99. The average molecular weight is 595 g/mol. The first kappa shape index (κ1) is 30.5. The molecule has 2 aromatic carbocycles. The van der Waals surface area contributed by atoms with E-state index in [0.29, 0.717) is 26.1 Å². The van der Waals surface area contributed by atoms with E-state index in [1.165, 1.54) is 0 Å². The van der Waals surface area contributed by atoms with Crippen LogP contribution < -0.4 is 10.6 Å². The second kappa shape index (κ2) is 13.6. The summed E-state index contributed by atoms with van der Waals surface area (Å²) >= 11 is 0. The molecule has 2 amide bonds. The van der Waals surface area contributed by atoms with Crippen LogP contribution in [0.15, 0.2) is 60.7 Å². The number of alkyl carbamates (subject to hydrolysis) is 2. The number of hydrogen-bond acceptors (Lipinski definition) is 8. The molecule has 11 nitrogen and oxygen atoms in total. The standard InChI is InChI=1S/C16H19NO5.C16H19NO4/c1-9-11(15(18)19)7-12-13(17-16(20)22-12)14(9)21-8-10-5-3-2-4-6-10;1-10-12(8-18)7-13-14(17-16(19)21-13)15(10)20-9-11-5-3-2-4-6-11/h2-6,9,11-14H,7-8H2,1H3,(H,17,20)(H,18,19);2-6,8,10,12-15H,7,9H2,1H3,(H,17,19)/t9-,11+,12+,13+,14+;10-,12-,13+,14+,15+/m11/s1. The van der Waals surface area contributed by atoms with Gasteiger partial charge < -0.3 is 39.5 Å². The minimum atomic E-state index is -0.873. The number of fused-ring (bicyclic) bond motifs is 2. The van der Waals surface area contributed by atoms with Crippen molar-refractivity contribution in [3.63, 3.8) is 0 Å². The summed E-state index contributed by atoms with van der Waals surface area (Å²) in [6.45, 7) is 4.69. The van der Waals surface area contributed by atoms with E-state index in [1.54, 1.807) is 0 Å². The van der Waals surface area contributed by atoms with Gasteiger partial charge >= 0.3 is 18.2 Å². The van der Waals surface area contributed by atoms with Gasteiger partial charge in [-0.05, 0) is 29.4 Å². The summed E-state index contributed by atoms with van der Waals surface area (Å²) in [5, 5.41) is 14.9. The SMILES string of the molecule is C[C@H]1[C@H](OCc2ccccc2)[C@H]2NC(=O)O[C@H]2C[C@@H]1C(=O)O.C[C@H]1[C@H](OCc2ccccc2)[C@H]2NC(=O)O[C@H]2C[C@@H]1C=O.